The summed E-state index contributed by atoms with van der Waals surface area (Å²) in [6, 6.07) is 13.0. The van der Waals surface area contributed by atoms with Gasteiger partial charge < -0.3 is 18.4 Å². The maximum atomic E-state index is 5.12. The first-order chi connectivity index (χ1) is 15.0. The molecular formula is C27H44LuN3Si3. The summed E-state index contributed by atoms with van der Waals surface area (Å²) in [5.41, 5.74) is 2.47. The molecule has 0 amide bonds. The second kappa shape index (κ2) is 14.3. The van der Waals surface area contributed by atoms with E-state index in [2.05, 4.69) is 100 Å². The summed E-state index contributed by atoms with van der Waals surface area (Å²) in [7, 11) is -3.09. The molecule has 2 aromatic rings. The van der Waals surface area contributed by atoms with Crippen molar-refractivity contribution in [2.24, 2.45) is 0 Å². The van der Waals surface area contributed by atoms with Gasteiger partial charge in [-0.2, -0.15) is 0 Å². The van der Waals surface area contributed by atoms with E-state index >= 15 is 0 Å². The molecule has 1 aliphatic heterocycles. The fourth-order valence-electron chi connectivity index (χ4n) is 3.00. The van der Waals surface area contributed by atoms with Gasteiger partial charge in [0.05, 0.1) is 0 Å². The van der Waals surface area contributed by atoms with Crippen molar-refractivity contribution in [2.45, 2.75) is 70.5 Å². The van der Waals surface area contributed by atoms with Crippen molar-refractivity contribution < 1.29 is 36.9 Å². The van der Waals surface area contributed by atoms with Gasteiger partial charge in [0.15, 0.2) is 0 Å². The molecule has 0 aliphatic carbocycles. The number of hydrogen-bond acceptors (Lipinski definition) is 2. The fraction of sp³-hybridized carbons (Fsp3) is 0.407. The van der Waals surface area contributed by atoms with E-state index in [4.69, 9.17) is 5.32 Å². The Morgan fingerprint density at radius 2 is 1.29 bits per heavy atom. The minimum atomic E-state index is -1.36. The zero-order valence-electron chi connectivity index (χ0n) is 22.6. The Labute approximate surface area is 242 Å². The smallest absolute Gasteiger partial charge is 0.669 e. The van der Waals surface area contributed by atoms with E-state index in [0.29, 0.717) is 0 Å². The summed E-state index contributed by atoms with van der Waals surface area (Å²) in [4.78, 5) is 9.07. The van der Waals surface area contributed by atoms with Crippen molar-refractivity contribution in [1.82, 2.24) is 9.97 Å². The van der Waals surface area contributed by atoms with E-state index in [1.807, 2.05) is 48.8 Å². The van der Waals surface area contributed by atoms with Crippen LogP contribution in [0.15, 0.2) is 67.0 Å². The largest absolute Gasteiger partial charge is 3.00 e. The first kappa shape index (κ1) is 33.5. The van der Waals surface area contributed by atoms with Crippen LogP contribution in [0.25, 0.3) is 11.0 Å². The van der Waals surface area contributed by atoms with Gasteiger partial charge in [0.1, 0.15) is 0 Å². The quantitative estimate of drug-likeness (QED) is 0.242. The van der Waals surface area contributed by atoms with E-state index in [1.165, 1.54) is 0 Å². The molecule has 7 heteroatoms. The Hall–Kier alpha value is -0.536. The molecule has 0 spiro atoms. The molecule has 0 aromatic carbocycles. The molecule has 1 atom stereocenters. The Kier molecular flexibility index (Phi) is 14.0. The molecule has 0 saturated carbocycles. The summed E-state index contributed by atoms with van der Waals surface area (Å²) >= 11 is 0. The molecule has 34 heavy (non-hydrogen) atoms. The number of aromatic nitrogens is 2. The molecule has 0 bridgehead atoms. The maximum Gasteiger partial charge on any atom is 3.00 e. The second-order valence-electron chi connectivity index (χ2n) is 12.2. The second-order valence-corrected chi connectivity index (χ2v) is 28.0. The van der Waals surface area contributed by atoms with Crippen LogP contribution in [0, 0.1) is 50.0 Å². The molecule has 3 rings (SSSR count). The molecule has 3 nitrogen and oxygen atoms in total. The average molecular weight is 670 g/mol. The van der Waals surface area contributed by atoms with E-state index in [1.54, 1.807) is 0 Å². The Bertz CT molecular complexity index is 873. The third-order valence-electron chi connectivity index (χ3n) is 3.78. The van der Waals surface area contributed by atoms with Crippen LogP contribution < -0.4 is 0 Å². The van der Waals surface area contributed by atoms with Crippen molar-refractivity contribution in [3.05, 3.63) is 96.8 Å². The summed E-state index contributed by atoms with van der Waals surface area (Å²) in [5.74, 6) is 0. The molecule has 0 fully saturated rings. The zero-order valence-corrected chi connectivity index (χ0v) is 27.2. The van der Waals surface area contributed by atoms with Crippen LogP contribution in [0.1, 0.15) is 11.4 Å². The number of pyridine rings is 2. The topological polar surface area (TPSA) is 39.9 Å². The van der Waals surface area contributed by atoms with Crippen LogP contribution in [0.5, 0.6) is 0 Å². The summed E-state index contributed by atoms with van der Waals surface area (Å²) in [6.45, 7) is 28.2. The van der Waals surface area contributed by atoms with Crippen LogP contribution in [0.3, 0.4) is 0 Å². The van der Waals surface area contributed by atoms with Gasteiger partial charge in [-0.1, -0.05) is 95.3 Å². The van der Waals surface area contributed by atoms with Crippen molar-refractivity contribution >= 4 is 29.9 Å². The van der Waals surface area contributed by atoms with Gasteiger partial charge in [-0.3, -0.25) is 9.97 Å². The van der Waals surface area contributed by atoms with Crippen LogP contribution in [-0.4, -0.2) is 34.2 Å². The van der Waals surface area contributed by atoms with Gasteiger partial charge >= 0.3 is 36.9 Å². The van der Waals surface area contributed by atoms with Crippen LogP contribution in [0.2, 0.25) is 65.0 Å². The molecule has 2 aromatic heterocycles. The van der Waals surface area contributed by atoms with E-state index in [9.17, 15) is 0 Å². The van der Waals surface area contributed by atoms with Gasteiger partial charge in [-0.05, 0) is 29.8 Å². The van der Waals surface area contributed by atoms with Gasteiger partial charge in [0, 0.05) is 31.9 Å². The molecule has 3 heterocycles. The predicted octanol–water partition coefficient (Wildman–Crippen LogP) is 8.39. The van der Waals surface area contributed by atoms with Gasteiger partial charge in [0.2, 0.25) is 0 Å². The van der Waals surface area contributed by atoms with Gasteiger partial charge in [-0.25, -0.2) is 0 Å². The normalized spacial score (nSPS) is 17.6. The zero-order chi connectivity index (χ0) is 25.3. The van der Waals surface area contributed by atoms with Crippen LogP contribution in [0.4, 0.5) is 0 Å². The Morgan fingerprint density at radius 1 is 0.794 bits per heavy atom. The molecule has 0 saturated heterocycles. The minimum Gasteiger partial charge on any atom is -0.669 e. The maximum absolute atomic E-state index is 5.12. The van der Waals surface area contributed by atoms with Crippen LogP contribution in [-0.2, 0) is 5.54 Å². The van der Waals surface area contributed by atoms with Gasteiger partial charge in [0.25, 0.3) is 0 Å². The summed E-state index contributed by atoms with van der Waals surface area (Å²) in [6.07, 6.45) is 9.99. The molecule has 0 N–H and O–H groups in total. The Morgan fingerprint density at radius 3 is 1.71 bits per heavy atom. The van der Waals surface area contributed by atoms with E-state index in [0.717, 1.165) is 23.1 Å². The number of nitrogens with zero attached hydrogens (tertiary/aromatic N) is 3. The van der Waals surface area contributed by atoms with E-state index in [-0.39, 0.29) is 42.4 Å². The number of rotatable bonds is 4. The predicted molar refractivity (Wildman–Crippen MR) is 156 cm³/mol. The molecule has 0 radical (unpaired) electrons. The minimum absolute atomic E-state index is 0. The monoisotopic (exact) mass is 669 g/mol. The van der Waals surface area contributed by atoms with E-state index < -0.39 is 24.2 Å². The van der Waals surface area contributed by atoms with Crippen LogP contribution >= 0.6 is 0 Å². The first-order valence-corrected chi connectivity index (χ1v) is 22.8. The third kappa shape index (κ3) is 15.5. The third-order valence-corrected chi connectivity index (χ3v) is 5.38. The Balaban J connectivity index is 0.000000841. The summed E-state index contributed by atoms with van der Waals surface area (Å²) < 4.78 is 0. The first-order valence-electron chi connectivity index (χ1n) is 11.6. The number of hydrogen-bond donors (Lipinski definition) is 0. The average Bonchev–Trinajstić information content (AvgIpc) is 2.66. The van der Waals surface area contributed by atoms with Crippen molar-refractivity contribution in [2.75, 3.05) is 0 Å². The van der Waals surface area contributed by atoms with Crippen molar-refractivity contribution in [1.29, 1.82) is 0 Å². The SMILES string of the molecule is C[Si](C)(C)CC1(c2ccccn2)C=CC=C(c2ccccn2)[N-]1.[CH2-][Si](C)(C)C.[CH2-][Si](C)(C)C.[Lu+3]. The summed E-state index contributed by atoms with van der Waals surface area (Å²) in [5, 5.41) is 5.12. The van der Waals surface area contributed by atoms with Gasteiger partial charge in [-0.15, -0.1) is 21.8 Å². The fourth-order valence-corrected chi connectivity index (χ4v) is 5.00. The molecular weight excluding hydrogens is 626 g/mol. The number of allylic oxidation sites excluding steroid dienone is 2. The molecule has 194 valence electrons. The molecule has 1 aliphatic rings. The van der Waals surface area contributed by atoms with Crippen molar-refractivity contribution in [3.8, 4) is 0 Å². The standard InChI is InChI=1S/C19H22N3Si.2C4H11Si.Lu/c1-23(2,3)15-19(18-11-5-7-14-21-18)12-8-10-17(22-19)16-9-4-6-13-20-16;2*1-5(2,3)4;/h4-14H,15H2,1-3H3;2*1H2,2-4H3;/q3*-1;+3. The molecule has 1 unspecified atom stereocenters. The van der Waals surface area contributed by atoms with Crippen molar-refractivity contribution in [3.63, 3.8) is 0 Å².